The minimum atomic E-state index is -0.0999. The molecule has 0 aliphatic heterocycles. The number of carbonyl (C=O) groups is 1. The van der Waals surface area contributed by atoms with Crippen LogP contribution in [0, 0.1) is 13.8 Å². The summed E-state index contributed by atoms with van der Waals surface area (Å²) in [5.74, 6) is -0.0999. The molecule has 0 saturated heterocycles. The van der Waals surface area contributed by atoms with Crippen LogP contribution in [0.4, 0.5) is 5.69 Å². The van der Waals surface area contributed by atoms with Crippen LogP contribution < -0.4 is 5.32 Å². The molecule has 0 aliphatic rings. The smallest absolute Gasteiger partial charge is 0.226 e. The van der Waals surface area contributed by atoms with Crippen LogP contribution in [0.25, 0.3) is 0 Å². The van der Waals surface area contributed by atoms with E-state index in [9.17, 15) is 4.79 Å². The molecule has 2 aromatic rings. The molecule has 0 saturated carbocycles. The molecule has 1 aromatic carbocycles. The molecule has 7 heteroatoms. The minimum Gasteiger partial charge on any atom is -0.326 e. The van der Waals surface area contributed by atoms with E-state index in [1.54, 1.807) is 18.2 Å². The second-order valence-electron chi connectivity index (χ2n) is 4.64. The number of hydrogen-bond acceptors (Lipinski definition) is 2. The maximum atomic E-state index is 11.9. The quantitative estimate of drug-likeness (QED) is 0.829. The van der Waals surface area contributed by atoms with Gasteiger partial charge in [0, 0.05) is 17.8 Å². The Morgan fingerprint density at radius 2 is 2.05 bits per heavy atom. The molecule has 1 aromatic heterocycles. The average molecular weight is 391 g/mol. The topological polar surface area (TPSA) is 46.9 Å². The lowest BCUT2D eigenvalue weighted by molar-refractivity contribution is -0.116. The molecule has 0 atom stereocenters. The van der Waals surface area contributed by atoms with Gasteiger partial charge in [0.25, 0.3) is 0 Å². The number of carbonyl (C=O) groups excluding carboxylic acids is 1. The van der Waals surface area contributed by atoms with E-state index in [-0.39, 0.29) is 5.91 Å². The summed E-state index contributed by atoms with van der Waals surface area (Å²) in [7, 11) is 0. The first-order valence-corrected chi connectivity index (χ1v) is 7.88. The van der Waals surface area contributed by atoms with E-state index < -0.39 is 0 Å². The minimum absolute atomic E-state index is 0.0999. The normalized spacial score (nSPS) is 10.7. The van der Waals surface area contributed by atoms with Crippen LogP contribution >= 0.6 is 39.1 Å². The fourth-order valence-corrected chi connectivity index (χ4v) is 2.48. The Kier molecular flexibility index (Phi) is 5.30. The largest absolute Gasteiger partial charge is 0.326 e. The van der Waals surface area contributed by atoms with Gasteiger partial charge < -0.3 is 5.32 Å². The summed E-state index contributed by atoms with van der Waals surface area (Å²) < 4.78 is 2.79. The molecule has 0 unspecified atom stereocenters. The SMILES string of the molecule is Cc1nn(CCC(=O)Nc2ccc(Cl)c(Cl)c2)c(C)c1Br. The van der Waals surface area contributed by atoms with E-state index in [1.165, 1.54) is 0 Å². The Labute approximate surface area is 141 Å². The van der Waals surface area contributed by atoms with Crippen molar-refractivity contribution in [3.63, 3.8) is 0 Å². The number of aryl methyl sites for hydroxylation is 2. The highest BCUT2D eigenvalue weighted by molar-refractivity contribution is 9.10. The molecule has 1 amide bonds. The van der Waals surface area contributed by atoms with Crippen molar-refractivity contribution in [2.24, 2.45) is 0 Å². The van der Waals surface area contributed by atoms with E-state index in [4.69, 9.17) is 23.2 Å². The van der Waals surface area contributed by atoms with Gasteiger partial charge >= 0.3 is 0 Å². The van der Waals surface area contributed by atoms with Gasteiger partial charge in [0.2, 0.25) is 5.91 Å². The Morgan fingerprint density at radius 1 is 1.33 bits per heavy atom. The lowest BCUT2D eigenvalue weighted by atomic mass is 10.3. The lowest BCUT2D eigenvalue weighted by Gasteiger charge is -2.07. The van der Waals surface area contributed by atoms with Gasteiger partial charge in [0.15, 0.2) is 0 Å². The molecule has 1 heterocycles. The maximum Gasteiger partial charge on any atom is 0.226 e. The summed E-state index contributed by atoms with van der Waals surface area (Å²) in [5.41, 5.74) is 2.55. The number of amides is 1. The number of nitrogens with one attached hydrogen (secondary N) is 1. The molecular formula is C14H14BrCl2N3O. The monoisotopic (exact) mass is 389 g/mol. The van der Waals surface area contributed by atoms with Crippen LogP contribution in [0.1, 0.15) is 17.8 Å². The molecule has 0 radical (unpaired) electrons. The van der Waals surface area contributed by atoms with Gasteiger partial charge in [0.1, 0.15) is 0 Å². The third-order valence-electron chi connectivity index (χ3n) is 3.05. The van der Waals surface area contributed by atoms with Crippen molar-refractivity contribution < 1.29 is 4.79 Å². The molecule has 0 bridgehead atoms. The van der Waals surface area contributed by atoms with Crippen molar-refractivity contribution in [1.82, 2.24) is 9.78 Å². The van der Waals surface area contributed by atoms with Crippen LogP contribution in [0.2, 0.25) is 10.0 Å². The highest BCUT2D eigenvalue weighted by Gasteiger charge is 2.10. The van der Waals surface area contributed by atoms with Crippen LogP contribution in [-0.2, 0) is 11.3 Å². The third-order valence-corrected chi connectivity index (χ3v) is 4.93. The number of anilines is 1. The second kappa shape index (κ2) is 6.81. The fourth-order valence-electron chi connectivity index (χ4n) is 1.90. The number of halogens is 3. The summed E-state index contributed by atoms with van der Waals surface area (Å²) >= 11 is 15.2. The molecule has 0 spiro atoms. The van der Waals surface area contributed by atoms with Crippen molar-refractivity contribution in [1.29, 1.82) is 0 Å². The van der Waals surface area contributed by atoms with Crippen LogP contribution in [0.3, 0.4) is 0 Å². The fraction of sp³-hybridized carbons (Fsp3) is 0.286. The second-order valence-corrected chi connectivity index (χ2v) is 6.24. The third kappa shape index (κ3) is 3.99. The molecule has 21 heavy (non-hydrogen) atoms. The number of aromatic nitrogens is 2. The highest BCUT2D eigenvalue weighted by atomic mass is 79.9. The van der Waals surface area contributed by atoms with Gasteiger partial charge in [-0.05, 0) is 48.0 Å². The number of rotatable bonds is 4. The van der Waals surface area contributed by atoms with Gasteiger partial charge in [-0.25, -0.2) is 0 Å². The van der Waals surface area contributed by atoms with E-state index >= 15 is 0 Å². The number of hydrogen-bond donors (Lipinski definition) is 1. The summed E-state index contributed by atoms with van der Waals surface area (Å²) in [4.78, 5) is 11.9. The van der Waals surface area contributed by atoms with Crippen LogP contribution in [-0.4, -0.2) is 15.7 Å². The summed E-state index contributed by atoms with van der Waals surface area (Å²) in [6.07, 6.45) is 0.328. The zero-order chi connectivity index (χ0) is 15.6. The zero-order valence-corrected chi connectivity index (χ0v) is 14.7. The van der Waals surface area contributed by atoms with Gasteiger partial charge in [0.05, 0.1) is 26.8 Å². The molecule has 0 fully saturated rings. The number of nitrogens with zero attached hydrogens (tertiary/aromatic N) is 2. The first-order valence-electron chi connectivity index (χ1n) is 6.33. The Hall–Kier alpha value is -1.04. The predicted octanol–water partition coefficient (Wildman–Crippen LogP) is 4.60. The molecule has 112 valence electrons. The molecule has 0 aliphatic carbocycles. The molecular weight excluding hydrogens is 377 g/mol. The van der Waals surface area contributed by atoms with Gasteiger partial charge in [-0.3, -0.25) is 9.48 Å². The van der Waals surface area contributed by atoms with E-state index in [1.807, 2.05) is 18.5 Å². The van der Waals surface area contributed by atoms with Crippen molar-refractivity contribution >= 4 is 50.7 Å². The summed E-state index contributed by atoms with van der Waals surface area (Å²) in [6, 6.07) is 4.99. The van der Waals surface area contributed by atoms with Crippen molar-refractivity contribution in [2.75, 3.05) is 5.32 Å². The highest BCUT2D eigenvalue weighted by Crippen LogP contribution is 2.25. The molecule has 1 N–H and O–H groups in total. The summed E-state index contributed by atoms with van der Waals surface area (Å²) in [5, 5.41) is 8.03. The van der Waals surface area contributed by atoms with Crippen molar-refractivity contribution in [3.8, 4) is 0 Å². The van der Waals surface area contributed by atoms with Crippen molar-refractivity contribution in [2.45, 2.75) is 26.8 Å². The standard InChI is InChI=1S/C14H14BrCl2N3O/c1-8-14(15)9(2)20(19-8)6-5-13(21)18-10-3-4-11(16)12(17)7-10/h3-4,7H,5-6H2,1-2H3,(H,18,21). The van der Waals surface area contributed by atoms with Crippen molar-refractivity contribution in [3.05, 3.63) is 44.1 Å². The predicted molar refractivity (Wildman–Crippen MR) is 89.1 cm³/mol. The molecule has 4 nitrogen and oxygen atoms in total. The molecule has 2 rings (SSSR count). The lowest BCUT2D eigenvalue weighted by Crippen LogP contribution is -2.15. The zero-order valence-electron chi connectivity index (χ0n) is 11.6. The Morgan fingerprint density at radius 3 is 2.62 bits per heavy atom. The summed E-state index contributed by atoms with van der Waals surface area (Å²) in [6.45, 7) is 4.40. The van der Waals surface area contributed by atoms with Crippen LogP contribution in [0.15, 0.2) is 22.7 Å². The first-order chi connectivity index (χ1) is 9.88. The average Bonchev–Trinajstić information content (AvgIpc) is 2.68. The van der Waals surface area contributed by atoms with Gasteiger partial charge in [-0.15, -0.1) is 0 Å². The first kappa shape index (κ1) is 16.3. The number of benzene rings is 1. The van der Waals surface area contributed by atoms with Gasteiger partial charge in [-0.2, -0.15) is 5.10 Å². The van der Waals surface area contributed by atoms with Crippen LogP contribution in [0.5, 0.6) is 0 Å². The maximum absolute atomic E-state index is 11.9. The van der Waals surface area contributed by atoms with Gasteiger partial charge in [-0.1, -0.05) is 23.2 Å². The van der Waals surface area contributed by atoms with E-state index in [2.05, 4.69) is 26.3 Å². The van der Waals surface area contributed by atoms with E-state index in [0.717, 1.165) is 15.9 Å². The van der Waals surface area contributed by atoms with E-state index in [0.29, 0.717) is 28.7 Å². The Bertz CT molecular complexity index is 685. The Balaban J connectivity index is 1.95.